The van der Waals surface area contributed by atoms with E-state index in [9.17, 15) is 0 Å². The van der Waals surface area contributed by atoms with Gasteiger partial charge in [-0.05, 0) is 27.6 Å². The van der Waals surface area contributed by atoms with Crippen molar-refractivity contribution in [2.24, 2.45) is 0 Å². The summed E-state index contributed by atoms with van der Waals surface area (Å²) in [5.74, 6) is 0.617. The van der Waals surface area contributed by atoms with Gasteiger partial charge in [-0.2, -0.15) is 0 Å². The Morgan fingerprint density at radius 3 is 2.46 bits per heavy atom. The Bertz CT molecular complexity index is 299. The van der Waals surface area contributed by atoms with Crippen molar-refractivity contribution in [3.05, 3.63) is 27.7 Å². The molecule has 0 amide bonds. The number of hydrogen-bond acceptors (Lipinski definition) is 3. The number of halogens is 1. The van der Waals surface area contributed by atoms with E-state index >= 15 is 0 Å². The van der Waals surface area contributed by atoms with Gasteiger partial charge in [0.05, 0.1) is 20.3 Å². The minimum Gasteiger partial charge on any atom is -0.496 e. The van der Waals surface area contributed by atoms with Crippen LogP contribution < -0.4 is 4.74 Å². The minimum atomic E-state index is -0.113. The summed E-state index contributed by atoms with van der Waals surface area (Å²) in [6, 6.07) is 3.48. The second-order valence-electron chi connectivity index (χ2n) is 2.54. The fraction of sp³-hybridized carbons (Fsp3) is 0.333. The Hall–Kier alpha value is -0.580. The van der Waals surface area contributed by atoms with Crippen molar-refractivity contribution in [3.63, 3.8) is 0 Å². The molecule has 0 spiro atoms. The monoisotopic (exact) mass is 246 g/mol. The second-order valence-corrected chi connectivity index (χ2v) is 3.33. The molecule has 13 heavy (non-hydrogen) atoms. The normalized spacial score (nSPS) is 10.2. The second kappa shape index (κ2) is 4.60. The maximum atomic E-state index is 9.06. The van der Waals surface area contributed by atoms with E-state index in [1.807, 2.05) is 0 Å². The summed E-state index contributed by atoms with van der Waals surface area (Å²) in [6.07, 6.45) is 0. The largest absolute Gasteiger partial charge is 0.496 e. The highest BCUT2D eigenvalue weighted by atomic mass is 79.9. The third kappa shape index (κ3) is 2.02. The molecule has 1 rings (SSSR count). The Morgan fingerprint density at radius 1 is 1.31 bits per heavy atom. The number of methoxy groups -OCH3 is 1. The number of aliphatic hydroxyl groups is 2. The maximum Gasteiger partial charge on any atom is 0.125 e. The molecule has 0 aromatic heterocycles. The molecule has 0 aliphatic carbocycles. The van der Waals surface area contributed by atoms with E-state index in [0.29, 0.717) is 15.8 Å². The number of ether oxygens (including phenoxy) is 1. The van der Waals surface area contributed by atoms with Crippen molar-refractivity contribution in [1.29, 1.82) is 0 Å². The molecule has 1 aromatic carbocycles. The lowest BCUT2D eigenvalue weighted by molar-refractivity contribution is 0.267. The summed E-state index contributed by atoms with van der Waals surface area (Å²) < 4.78 is 5.75. The molecule has 0 heterocycles. The van der Waals surface area contributed by atoms with Crippen LogP contribution in [0.15, 0.2) is 16.6 Å². The Labute approximate surface area is 85.1 Å². The first kappa shape index (κ1) is 10.5. The van der Waals surface area contributed by atoms with Crippen LogP contribution >= 0.6 is 15.9 Å². The summed E-state index contributed by atoms with van der Waals surface area (Å²) in [6.45, 7) is -0.171. The topological polar surface area (TPSA) is 49.7 Å². The van der Waals surface area contributed by atoms with Crippen molar-refractivity contribution in [2.45, 2.75) is 13.2 Å². The zero-order valence-electron chi connectivity index (χ0n) is 7.25. The summed E-state index contributed by atoms with van der Waals surface area (Å²) in [4.78, 5) is 0. The number of rotatable bonds is 3. The van der Waals surface area contributed by atoms with E-state index < -0.39 is 0 Å². The van der Waals surface area contributed by atoms with Gasteiger partial charge < -0.3 is 14.9 Å². The average molecular weight is 247 g/mol. The fourth-order valence-electron chi connectivity index (χ4n) is 1.11. The summed E-state index contributed by atoms with van der Waals surface area (Å²) in [5, 5.41) is 18.0. The third-order valence-corrected chi connectivity index (χ3v) is 2.82. The molecule has 0 radical (unpaired) electrons. The van der Waals surface area contributed by atoms with Gasteiger partial charge in [0, 0.05) is 10.0 Å². The molecule has 0 aliphatic heterocycles. The molecular formula is C9H11BrO3. The van der Waals surface area contributed by atoms with Crippen LogP contribution in [0, 0.1) is 0 Å². The van der Waals surface area contributed by atoms with Crippen LogP contribution in [0.3, 0.4) is 0 Å². The van der Waals surface area contributed by atoms with Crippen LogP contribution in [0.25, 0.3) is 0 Å². The quantitative estimate of drug-likeness (QED) is 0.849. The molecule has 0 unspecified atom stereocenters. The van der Waals surface area contributed by atoms with Gasteiger partial charge in [0.15, 0.2) is 0 Å². The lowest BCUT2D eigenvalue weighted by Crippen LogP contribution is -1.96. The van der Waals surface area contributed by atoms with Gasteiger partial charge in [-0.15, -0.1) is 0 Å². The van der Waals surface area contributed by atoms with Crippen molar-refractivity contribution >= 4 is 15.9 Å². The van der Waals surface area contributed by atoms with Crippen molar-refractivity contribution < 1.29 is 14.9 Å². The third-order valence-electron chi connectivity index (χ3n) is 1.83. The summed E-state index contributed by atoms with van der Waals surface area (Å²) >= 11 is 3.29. The molecule has 0 fully saturated rings. The molecule has 1 aromatic rings. The Balaban J connectivity index is 3.23. The first-order valence-electron chi connectivity index (χ1n) is 3.80. The average Bonchev–Trinajstić information content (AvgIpc) is 2.17. The van der Waals surface area contributed by atoms with E-state index in [1.165, 1.54) is 0 Å². The smallest absolute Gasteiger partial charge is 0.125 e. The minimum absolute atomic E-state index is 0.0580. The number of aliphatic hydroxyl groups excluding tert-OH is 2. The highest BCUT2D eigenvalue weighted by molar-refractivity contribution is 9.10. The van der Waals surface area contributed by atoms with Gasteiger partial charge in [-0.1, -0.05) is 6.07 Å². The van der Waals surface area contributed by atoms with Crippen LogP contribution in [0.1, 0.15) is 11.1 Å². The van der Waals surface area contributed by atoms with Crippen molar-refractivity contribution in [3.8, 4) is 5.75 Å². The van der Waals surface area contributed by atoms with Crippen LogP contribution in [-0.2, 0) is 13.2 Å². The zero-order chi connectivity index (χ0) is 9.84. The molecule has 4 heteroatoms. The van der Waals surface area contributed by atoms with E-state index in [0.717, 1.165) is 5.56 Å². The lowest BCUT2D eigenvalue weighted by atomic mass is 10.1. The van der Waals surface area contributed by atoms with Crippen molar-refractivity contribution in [1.82, 2.24) is 0 Å². The predicted octanol–water partition coefficient (Wildman–Crippen LogP) is 1.44. The van der Waals surface area contributed by atoms with Crippen LogP contribution in [-0.4, -0.2) is 17.3 Å². The SMILES string of the molecule is COc1ccc(CO)c(Br)c1CO. The molecule has 0 bridgehead atoms. The molecule has 0 aliphatic rings. The standard InChI is InChI=1S/C9H11BrO3/c1-13-8-3-2-6(4-11)9(10)7(8)5-12/h2-3,11-12H,4-5H2,1H3. The Morgan fingerprint density at radius 2 is 2.00 bits per heavy atom. The maximum absolute atomic E-state index is 9.06. The molecule has 0 saturated carbocycles. The molecule has 72 valence electrons. The predicted molar refractivity (Wildman–Crippen MR) is 52.5 cm³/mol. The van der Waals surface area contributed by atoms with E-state index in [4.69, 9.17) is 14.9 Å². The molecule has 2 N–H and O–H groups in total. The molecular weight excluding hydrogens is 236 g/mol. The van der Waals surface area contributed by atoms with E-state index in [2.05, 4.69) is 15.9 Å². The van der Waals surface area contributed by atoms with Gasteiger partial charge in [-0.3, -0.25) is 0 Å². The van der Waals surface area contributed by atoms with Gasteiger partial charge >= 0.3 is 0 Å². The first-order chi connectivity index (χ1) is 6.24. The molecule has 0 saturated heterocycles. The van der Waals surface area contributed by atoms with Crippen LogP contribution in [0.2, 0.25) is 0 Å². The van der Waals surface area contributed by atoms with Crippen LogP contribution in [0.5, 0.6) is 5.75 Å². The van der Waals surface area contributed by atoms with E-state index in [-0.39, 0.29) is 13.2 Å². The van der Waals surface area contributed by atoms with Gasteiger partial charge in [0.2, 0.25) is 0 Å². The number of hydrogen-bond donors (Lipinski definition) is 2. The lowest BCUT2D eigenvalue weighted by Gasteiger charge is -2.10. The number of benzene rings is 1. The van der Waals surface area contributed by atoms with Crippen LogP contribution in [0.4, 0.5) is 0 Å². The summed E-state index contributed by atoms with van der Waals surface area (Å²) in [7, 11) is 1.54. The van der Waals surface area contributed by atoms with Gasteiger partial charge in [0.1, 0.15) is 5.75 Å². The van der Waals surface area contributed by atoms with Gasteiger partial charge in [0.25, 0.3) is 0 Å². The molecule has 0 atom stereocenters. The highest BCUT2D eigenvalue weighted by Crippen LogP contribution is 2.30. The highest BCUT2D eigenvalue weighted by Gasteiger charge is 2.09. The Kier molecular flexibility index (Phi) is 3.71. The van der Waals surface area contributed by atoms with Crippen molar-refractivity contribution in [2.75, 3.05) is 7.11 Å². The first-order valence-corrected chi connectivity index (χ1v) is 4.59. The summed E-state index contributed by atoms with van der Waals surface area (Å²) in [5.41, 5.74) is 1.40. The zero-order valence-corrected chi connectivity index (χ0v) is 8.84. The van der Waals surface area contributed by atoms with Gasteiger partial charge in [-0.25, -0.2) is 0 Å². The molecule has 3 nitrogen and oxygen atoms in total. The fourth-order valence-corrected chi connectivity index (χ4v) is 1.69. The van der Waals surface area contributed by atoms with E-state index in [1.54, 1.807) is 19.2 Å².